The number of aromatic nitrogens is 1. The quantitative estimate of drug-likeness (QED) is 0.270. The first-order valence-electron chi connectivity index (χ1n) is 8.82. The standard InChI is InChI=1S/C20H23N5O2/c1-14-5-3-8-18-19(14)16(13-23-18)9-10-22-20(21-2)24-12-15-6-4-7-17(11-15)25(26)27/h3-8,11,13,23H,9-10,12H2,1-2H3,(H2,21,22,24). The average molecular weight is 365 g/mol. The summed E-state index contributed by atoms with van der Waals surface area (Å²) in [4.78, 5) is 18.0. The fourth-order valence-electron chi connectivity index (χ4n) is 3.15. The zero-order chi connectivity index (χ0) is 19.2. The molecule has 0 atom stereocenters. The van der Waals surface area contributed by atoms with Crippen LogP contribution in [0.25, 0.3) is 10.9 Å². The minimum Gasteiger partial charge on any atom is -0.361 e. The molecule has 0 radical (unpaired) electrons. The molecule has 1 aromatic heterocycles. The number of nitro benzene ring substituents is 1. The van der Waals surface area contributed by atoms with Crippen LogP contribution in [0.1, 0.15) is 16.7 Å². The molecule has 2 aromatic carbocycles. The molecule has 3 rings (SSSR count). The monoisotopic (exact) mass is 365 g/mol. The van der Waals surface area contributed by atoms with E-state index < -0.39 is 0 Å². The van der Waals surface area contributed by atoms with Crippen LogP contribution in [0, 0.1) is 17.0 Å². The van der Waals surface area contributed by atoms with Crippen molar-refractivity contribution in [2.24, 2.45) is 4.99 Å². The number of nitrogens with one attached hydrogen (secondary N) is 3. The molecule has 3 N–H and O–H groups in total. The van der Waals surface area contributed by atoms with Gasteiger partial charge in [-0.2, -0.15) is 0 Å². The van der Waals surface area contributed by atoms with Crippen molar-refractivity contribution in [3.8, 4) is 0 Å². The summed E-state index contributed by atoms with van der Waals surface area (Å²) < 4.78 is 0. The molecule has 0 saturated carbocycles. The lowest BCUT2D eigenvalue weighted by atomic mass is 10.1. The molecule has 1 heterocycles. The van der Waals surface area contributed by atoms with Gasteiger partial charge in [-0.05, 0) is 36.1 Å². The first-order chi connectivity index (χ1) is 13.1. The van der Waals surface area contributed by atoms with Gasteiger partial charge in [-0.1, -0.05) is 24.3 Å². The third kappa shape index (κ3) is 4.44. The molecule has 0 saturated heterocycles. The summed E-state index contributed by atoms with van der Waals surface area (Å²) in [6.45, 7) is 3.32. The average Bonchev–Trinajstić information content (AvgIpc) is 3.09. The Labute approximate surface area is 157 Å². The second-order valence-corrected chi connectivity index (χ2v) is 6.34. The number of benzene rings is 2. The molecular formula is C20H23N5O2. The number of non-ortho nitro benzene ring substituents is 1. The van der Waals surface area contributed by atoms with E-state index in [1.807, 2.05) is 6.07 Å². The number of nitro groups is 1. The zero-order valence-corrected chi connectivity index (χ0v) is 15.5. The fraction of sp³-hybridized carbons (Fsp3) is 0.250. The normalized spacial score (nSPS) is 11.6. The number of aryl methyl sites for hydroxylation is 1. The smallest absolute Gasteiger partial charge is 0.269 e. The maximum atomic E-state index is 10.9. The van der Waals surface area contributed by atoms with Gasteiger partial charge in [-0.15, -0.1) is 0 Å². The Morgan fingerprint density at radius 2 is 2.04 bits per heavy atom. The lowest BCUT2D eigenvalue weighted by Gasteiger charge is -2.12. The van der Waals surface area contributed by atoms with Gasteiger partial charge in [-0.3, -0.25) is 15.1 Å². The number of nitrogens with zero attached hydrogens (tertiary/aromatic N) is 2. The molecule has 0 aliphatic carbocycles. The van der Waals surface area contributed by atoms with Gasteiger partial charge >= 0.3 is 0 Å². The third-order valence-corrected chi connectivity index (χ3v) is 4.49. The largest absolute Gasteiger partial charge is 0.361 e. The van der Waals surface area contributed by atoms with Crippen molar-refractivity contribution < 1.29 is 4.92 Å². The Morgan fingerprint density at radius 3 is 2.81 bits per heavy atom. The molecule has 7 heteroatoms. The molecule has 0 aliphatic rings. The van der Waals surface area contributed by atoms with Gasteiger partial charge < -0.3 is 15.6 Å². The summed E-state index contributed by atoms with van der Waals surface area (Å²) in [5.41, 5.74) is 4.60. The summed E-state index contributed by atoms with van der Waals surface area (Å²) in [7, 11) is 1.71. The summed E-state index contributed by atoms with van der Waals surface area (Å²) >= 11 is 0. The maximum absolute atomic E-state index is 10.9. The van der Waals surface area contributed by atoms with Crippen LogP contribution >= 0.6 is 0 Å². The van der Waals surface area contributed by atoms with Gasteiger partial charge in [0.05, 0.1) is 4.92 Å². The highest BCUT2D eigenvalue weighted by Crippen LogP contribution is 2.22. The Hall–Kier alpha value is -3.35. The number of guanidine groups is 1. The maximum Gasteiger partial charge on any atom is 0.269 e. The van der Waals surface area contributed by atoms with Crippen LogP contribution in [-0.4, -0.2) is 29.5 Å². The number of H-pyrrole nitrogens is 1. The van der Waals surface area contributed by atoms with Crippen molar-refractivity contribution in [2.45, 2.75) is 19.9 Å². The zero-order valence-electron chi connectivity index (χ0n) is 15.5. The van der Waals surface area contributed by atoms with Crippen molar-refractivity contribution in [1.29, 1.82) is 0 Å². The Bertz CT molecular complexity index is 977. The molecule has 0 fully saturated rings. The number of aliphatic imine (C=N–C) groups is 1. The van der Waals surface area contributed by atoms with Gasteiger partial charge in [0.2, 0.25) is 0 Å². The van der Waals surface area contributed by atoms with E-state index in [0.29, 0.717) is 12.5 Å². The Balaban J connectivity index is 1.55. The third-order valence-electron chi connectivity index (χ3n) is 4.49. The van der Waals surface area contributed by atoms with E-state index in [-0.39, 0.29) is 10.6 Å². The van der Waals surface area contributed by atoms with Gasteiger partial charge in [-0.25, -0.2) is 0 Å². The van der Waals surface area contributed by atoms with Gasteiger partial charge in [0.1, 0.15) is 0 Å². The molecule has 0 unspecified atom stereocenters. The number of hydrogen-bond acceptors (Lipinski definition) is 3. The Morgan fingerprint density at radius 1 is 1.22 bits per heavy atom. The second kappa shape index (κ2) is 8.35. The molecule has 27 heavy (non-hydrogen) atoms. The van der Waals surface area contributed by atoms with E-state index in [0.717, 1.165) is 24.0 Å². The summed E-state index contributed by atoms with van der Waals surface area (Å²) in [6.07, 6.45) is 2.92. The first-order valence-corrected chi connectivity index (χ1v) is 8.82. The molecule has 7 nitrogen and oxygen atoms in total. The minimum atomic E-state index is -0.389. The molecular weight excluding hydrogens is 342 g/mol. The molecule has 140 valence electrons. The van der Waals surface area contributed by atoms with E-state index in [1.54, 1.807) is 19.2 Å². The highest BCUT2D eigenvalue weighted by molar-refractivity contribution is 5.86. The van der Waals surface area contributed by atoms with Crippen LogP contribution < -0.4 is 10.6 Å². The highest BCUT2D eigenvalue weighted by Gasteiger charge is 2.08. The summed E-state index contributed by atoms with van der Waals surface area (Å²) in [5, 5.41) is 18.6. The molecule has 3 aromatic rings. The fourth-order valence-corrected chi connectivity index (χ4v) is 3.15. The Kier molecular flexibility index (Phi) is 5.71. The van der Waals surface area contributed by atoms with E-state index in [9.17, 15) is 10.1 Å². The van der Waals surface area contributed by atoms with Crippen LogP contribution in [0.4, 0.5) is 5.69 Å². The van der Waals surface area contributed by atoms with Crippen molar-refractivity contribution in [3.05, 3.63) is 75.5 Å². The number of fused-ring (bicyclic) bond motifs is 1. The van der Waals surface area contributed by atoms with Crippen LogP contribution in [0.2, 0.25) is 0 Å². The number of aromatic amines is 1. The van der Waals surface area contributed by atoms with E-state index in [2.05, 4.69) is 51.9 Å². The minimum absolute atomic E-state index is 0.0898. The van der Waals surface area contributed by atoms with Gasteiger partial charge in [0, 0.05) is 49.4 Å². The number of rotatable bonds is 6. The summed E-state index contributed by atoms with van der Waals surface area (Å²) in [5.74, 6) is 0.665. The predicted molar refractivity (Wildman–Crippen MR) is 108 cm³/mol. The first kappa shape index (κ1) is 18.4. The molecule has 0 spiro atoms. The van der Waals surface area contributed by atoms with E-state index >= 15 is 0 Å². The lowest BCUT2D eigenvalue weighted by Crippen LogP contribution is -2.37. The van der Waals surface area contributed by atoms with Crippen LogP contribution in [-0.2, 0) is 13.0 Å². The molecule has 0 aliphatic heterocycles. The SMILES string of the molecule is CN=C(NCCc1c[nH]c2cccc(C)c12)NCc1cccc([N+](=O)[O-])c1. The number of hydrogen-bond donors (Lipinski definition) is 3. The van der Waals surface area contributed by atoms with Gasteiger partial charge in [0.15, 0.2) is 5.96 Å². The van der Waals surface area contributed by atoms with Crippen LogP contribution in [0.3, 0.4) is 0 Å². The van der Waals surface area contributed by atoms with Crippen molar-refractivity contribution in [1.82, 2.24) is 15.6 Å². The van der Waals surface area contributed by atoms with E-state index in [4.69, 9.17) is 0 Å². The van der Waals surface area contributed by atoms with Gasteiger partial charge in [0.25, 0.3) is 5.69 Å². The van der Waals surface area contributed by atoms with Crippen molar-refractivity contribution in [3.63, 3.8) is 0 Å². The molecule has 0 amide bonds. The lowest BCUT2D eigenvalue weighted by molar-refractivity contribution is -0.384. The highest BCUT2D eigenvalue weighted by atomic mass is 16.6. The van der Waals surface area contributed by atoms with Crippen molar-refractivity contribution in [2.75, 3.05) is 13.6 Å². The van der Waals surface area contributed by atoms with Crippen LogP contribution in [0.15, 0.2) is 53.7 Å². The van der Waals surface area contributed by atoms with Crippen molar-refractivity contribution >= 4 is 22.5 Å². The topological polar surface area (TPSA) is 95.3 Å². The summed E-state index contributed by atoms with van der Waals surface area (Å²) in [6, 6.07) is 12.8. The second-order valence-electron chi connectivity index (χ2n) is 6.34. The van der Waals surface area contributed by atoms with Crippen LogP contribution in [0.5, 0.6) is 0 Å². The molecule has 0 bridgehead atoms. The predicted octanol–water partition coefficient (Wildman–Crippen LogP) is 3.29. The van der Waals surface area contributed by atoms with E-state index in [1.165, 1.54) is 22.6 Å².